The van der Waals surface area contributed by atoms with E-state index in [1.165, 1.54) is 25.7 Å². The zero-order chi connectivity index (χ0) is 14.4. The second-order valence-electron chi connectivity index (χ2n) is 6.01. The predicted octanol–water partition coefficient (Wildman–Crippen LogP) is 1.71. The number of carbonyl (C=O) groups excluding carboxylic acids is 1. The van der Waals surface area contributed by atoms with Crippen molar-refractivity contribution in [2.24, 2.45) is 11.7 Å². The maximum atomic E-state index is 11.7. The second-order valence-corrected chi connectivity index (χ2v) is 6.01. The average Bonchev–Trinajstić information content (AvgIpc) is 2.49. The molecule has 5 heteroatoms. The van der Waals surface area contributed by atoms with Crippen LogP contribution in [0.15, 0.2) is 0 Å². The van der Waals surface area contributed by atoms with Gasteiger partial charge in [-0.05, 0) is 45.1 Å². The number of carbonyl (C=O) groups is 1. The van der Waals surface area contributed by atoms with Crippen LogP contribution in [0.25, 0.3) is 0 Å². The summed E-state index contributed by atoms with van der Waals surface area (Å²) in [7, 11) is 0. The number of nitrogens with two attached hydrogens (primary N) is 1. The fourth-order valence-corrected chi connectivity index (χ4v) is 3.46. The Morgan fingerprint density at radius 1 is 1.25 bits per heavy atom. The molecule has 1 saturated heterocycles. The van der Waals surface area contributed by atoms with Crippen LogP contribution >= 0.6 is 0 Å². The molecule has 5 nitrogen and oxygen atoms in total. The molecule has 1 saturated carbocycles. The monoisotopic (exact) mass is 283 g/mol. The normalized spacial score (nSPS) is 28.4. The van der Waals surface area contributed by atoms with Crippen LogP contribution in [-0.4, -0.2) is 49.3 Å². The summed E-state index contributed by atoms with van der Waals surface area (Å²) in [4.78, 5) is 13.5. The lowest BCUT2D eigenvalue weighted by molar-refractivity contribution is 0.0923. The Bertz CT molecular complexity index is 303. The van der Waals surface area contributed by atoms with Gasteiger partial charge in [0.1, 0.15) is 0 Å². The molecule has 0 bridgehead atoms. The first-order valence-electron chi connectivity index (χ1n) is 8.12. The van der Waals surface area contributed by atoms with E-state index in [2.05, 4.69) is 5.32 Å². The number of rotatable bonds is 4. The molecule has 2 fully saturated rings. The molecule has 0 aromatic carbocycles. The van der Waals surface area contributed by atoms with E-state index in [1.54, 1.807) is 0 Å². The quantitative estimate of drug-likeness (QED) is 0.824. The Labute approximate surface area is 122 Å². The fraction of sp³-hybridized carbons (Fsp3) is 0.933. The summed E-state index contributed by atoms with van der Waals surface area (Å²) in [5.74, 6) is 0.631. The van der Waals surface area contributed by atoms with Crippen LogP contribution < -0.4 is 11.1 Å². The van der Waals surface area contributed by atoms with Crippen LogP contribution in [0.5, 0.6) is 0 Å². The van der Waals surface area contributed by atoms with E-state index in [1.807, 2.05) is 11.8 Å². The summed E-state index contributed by atoms with van der Waals surface area (Å²) >= 11 is 0. The van der Waals surface area contributed by atoms with Crippen molar-refractivity contribution in [3.8, 4) is 0 Å². The Morgan fingerprint density at radius 2 is 1.95 bits per heavy atom. The first-order chi connectivity index (χ1) is 9.74. The minimum absolute atomic E-state index is 0.163. The van der Waals surface area contributed by atoms with E-state index in [4.69, 9.17) is 10.5 Å². The Kier molecular flexibility index (Phi) is 6.10. The van der Waals surface area contributed by atoms with E-state index in [-0.39, 0.29) is 6.09 Å². The van der Waals surface area contributed by atoms with Crippen LogP contribution in [0, 0.1) is 5.92 Å². The molecular formula is C15H29N3O2. The van der Waals surface area contributed by atoms with E-state index in [9.17, 15) is 4.79 Å². The molecule has 116 valence electrons. The third-order valence-electron chi connectivity index (χ3n) is 4.68. The lowest BCUT2D eigenvalue weighted by Crippen LogP contribution is -2.51. The number of nitrogens with zero attached hydrogens (tertiary/aromatic N) is 1. The van der Waals surface area contributed by atoms with Crippen molar-refractivity contribution in [3.05, 3.63) is 0 Å². The maximum absolute atomic E-state index is 11.7. The molecule has 0 radical (unpaired) electrons. The number of amides is 1. The lowest BCUT2D eigenvalue weighted by Gasteiger charge is -2.38. The molecule has 3 N–H and O–H groups in total. The molecule has 2 rings (SSSR count). The summed E-state index contributed by atoms with van der Waals surface area (Å²) in [6, 6.07) is 1.10. The van der Waals surface area contributed by atoms with E-state index < -0.39 is 0 Å². The largest absolute Gasteiger partial charge is 0.450 e. The standard InChI is InChI=1S/C15H29N3O2/c1-2-20-15(19)18-9-7-13(8-10-18)17-14-6-4-3-5-12(14)11-16/h12-14,17H,2-11,16H2,1H3. The van der Waals surface area contributed by atoms with Crippen molar-refractivity contribution >= 4 is 6.09 Å². The average molecular weight is 283 g/mol. The second kappa shape index (κ2) is 7.84. The Morgan fingerprint density at radius 3 is 2.60 bits per heavy atom. The van der Waals surface area contributed by atoms with Crippen LogP contribution in [0.3, 0.4) is 0 Å². The molecule has 0 aromatic heterocycles. The highest BCUT2D eigenvalue weighted by molar-refractivity contribution is 5.67. The van der Waals surface area contributed by atoms with Gasteiger partial charge in [0, 0.05) is 25.2 Å². The maximum Gasteiger partial charge on any atom is 0.409 e. The number of hydrogen-bond acceptors (Lipinski definition) is 4. The van der Waals surface area contributed by atoms with Crippen molar-refractivity contribution in [1.82, 2.24) is 10.2 Å². The van der Waals surface area contributed by atoms with Gasteiger partial charge in [-0.2, -0.15) is 0 Å². The van der Waals surface area contributed by atoms with E-state index in [0.717, 1.165) is 32.5 Å². The molecule has 2 aliphatic rings. The molecule has 0 spiro atoms. The number of likely N-dealkylation sites (tertiary alicyclic amines) is 1. The fourth-order valence-electron chi connectivity index (χ4n) is 3.46. The van der Waals surface area contributed by atoms with Gasteiger partial charge in [-0.15, -0.1) is 0 Å². The van der Waals surface area contributed by atoms with Gasteiger partial charge in [0.05, 0.1) is 6.61 Å². The molecule has 1 aliphatic heterocycles. The van der Waals surface area contributed by atoms with Crippen molar-refractivity contribution in [2.75, 3.05) is 26.2 Å². The lowest BCUT2D eigenvalue weighted by atomic mass is 9.83. The van der Waals surface area contributed by atoms with Crippen molar-refractivity contribution in [2.45, 2.75) is 57.5 Å². The van der Waals surface area contributed by atoms with Crippen LogP contribution in [0.2, 0.25) is 0 Å². The summed E-state index contributed by atoms with van der Waals surface area (Å²) in [6.45, 7) is 4.70. The van der Waals surface area contributed by atoms with Crippen LogP contribution in [0.1, 0.15) is 45.4 Å². The van der Waals surface area contributed by atoms with Crippen molar-refractivity contribution < 1.29 is 9.53 Å². The smallest absolute Gasteiger partial charge is 0.409 e. The minimum Gasteiger partial charge on any atom is -0.450 e. The molecule has 0 aromatic rings. The third-order valence-corrected chi connectivity index (χ3v) is 4.68. The molecule has 20 heavy (non-hydrogen) atoms. The van der Waals surface area contributed by atoms with Crippen molar-refractivity contribution in [1.29, 1.82) is 0 Å². The molecule has 2 unspecified atom stereocenters. The number of ether oxygens (including phenoxy) is 1. The molecular weight excluding hydrogens is 254 g/mol. The molecule has 1 heterocycles. The summed E-state index contributed by atoms with van der Waals surface area (Å²) in [5, 5.41) is 3.79. The zero-order valence-electron chi connectivity index (χ0n) is 12.6. The third kappa shape index (κ3) is 4.09. The van der Waals surface area contributed by atoms with E-state index >= 15 is 0 Å². The number of nitrogens with one attached hydrogen (secondary N) is 1. The van der Waals surface area contributed by atoms with Gasteiger partial charge < -0.3 is 20.7 Å². The van der Waals surface area contributed by atoms with Crippen molar-refractivity contribution in [3.63, 3.8) is 0 Å². The number of piperidine rings is 1. The predicted molar refractivity (Wildman–Crippen MR) is 79.6 cm³/mol. The van der Waals surface area contributed by atoms with E-state index in [0.29, 0.717) is 24.6 Å². The first-order valence-corrected chi connectivity index (χ1v) is 8.12. The van der Waals surface area contributed by atoms with Gasteiger partial charge in [-0.25, -0.2) is 4.79 Å². The van der Waals surface area contributed by atoms with Gasteiger partial charge in [0.25, 0.3) is 0 Å². The zero-order valence-corrected chi connectivity index (χ0v) is 12.6. The summed E-state index contributed by atoms with van der Waals surface area (Å²) in [5.41, 5.74) is 5.88. The van der Waals surface area contributed by atoms with Gasteiger partial charge in [-0.1, -0.05) is 12.8 Å². The highest BCUT2D eigenvalue weighted by Gasteiger charge is 2.29. The topological polar surface area (TPSA) is 67.6 Å². The minimum atomic E-state index is -0.163. The Hall–Kier alpha value is -0.810. The first kappa shape index (κ1) is 15.6. The summed E-state index contributed by atoms with van der Waals surface area (Å²) < 4.78 is 5.05. The van der Waals surface area contributed by atoms with Crippen LogP contribution in [-0.2, 0) is 4.74 Å². The highest BCUT2D eigenvalue weighted by Crippen LogP contribution is 2.25. The number of hydrogen-bond donors (Lipinski definition) is 2. The SMILES string of the molecule is CCOC(=O)N1CCC(NC2CCCCC2CN)CC1. The van der Waals surface area contributed by atoms with Gasteiger partial charge in [-0.3, -0.25) is 0 Å². The molecule has 1 aliphatic carbocycles. The summed E-state index contributed by atoms with van der Waals surface area (Å²) in [6.07, 6.45) is 7.02. The molecule has 2 atom stereocenters. The molecule has 1 amide bonds. The van der Waals surface area contributed by atoms with Gasteiger partial charge >= 0.3 is 6.09 Å². The van der Waals surface area contributed by atoms with Crippen LogP contribution in [0.4, 0.5) is 4.79 Å². The van der Waals surface area contributed by atoms with Gasteiger partial charge in [0.2, 0.25) is 0 Å². The van der Waals surface area contributed by atoms with Gasteiger partial charge in [0.15, 0.2) is 0 Å². The highest BCUT2D eigenvalue weighted by atomic mass is 16.6. The Balaban J connectivity index is 1.74.